The zero-order valence-electron chi connectivity index (χ0n) is 7.31. The summed E-state index contributed by atoms with van der Waals surface area (Å²) in [6.07, 6.45) is 1.68. The molecule has 5 nitrogen and oxygen atoms in total. The third-order valence-corrected chi connectivity index (χ3v) is 2.39. The Morgan fingerprint density at radius 2 is 2.21 bits per heavy atom. The van der Waals surface area contributed by atoms with E-state index >= 15 is 0 Å². The van der Waals surface area contributed by atoms with Gasteiger partial charge in [-0.3, -0.25) is 4.79 Å². The number of thioether (sulfide) groups is 1. The van der Waals surface area contributed by atoms with Gasteiger partial charge in [0.15, 0.2) is 5.92 Å². The number of nitrogens with two attached hydrogens (primary N) is 1. The molecule has 1 heterocycles. The second-order valence-electron chi connectivity index (χ2n) is 2.46. The van der Waals surface area contributed by atoms with Crippen LogP contribution in [0.1, 0.15) is 0 Å². The third-order valence-electron chi connectivity index (χ3n) is 1.71. The molecule has 2 N–H and O–H groups in total. The van der Waals surface area contributed by atoms with E-state index in [1.54, 1.807) is 12.3 Å². The summed E-state index contributed by atoms with van der Waals surface area (Å²) in [5.74, 6) is -1.71. The van der Waals surface area contributed by atoms with E-state index < -0.39 is 11.8 Å². The Hall–Kier alpha value is -1.79. The van der Waals surface area contributed by atoms with E-state index in [1.807, 2.05) is 6.07 Å². The van der Waals surface area contributed by atoms with Crippen LogP contribution in [0.25, 0.3) is 0 Å². The maximum absolute atomic E-state index is 11.2. The molecular formula is C8H6N4OS. The maximum Gasteiger partial charge on any atom is 0.270 e. The molecule has 1 atom stereocenters. The van der Waals surface area contributed by atoms with Gasteiger partial charge in [0.25, 0.3) is 5.91 Å². The van der Waals surface area contributed by atoms with Crippen LogP contribution in [0.5, 0.6) is 0 Å². The second-order valence-corrected chi connectivity index (χ2v) is 3.26. The summed E-state index contributed by atoms with van der Waals surface area (Å²) in [7, 11) is 0. The van der Waals surface area contributed by atoms with Crippen molar-refractivity contribution in [3.05, 3.63) is 11.3 Å². The van der Waals surface area contributed by atoms with Crippen LogP contribution in [-0.4, -0.2) is 17.2 Å². The lowest BCUT2D eigenvalue weighted by molar-refractivity contribution is -0.119. The fourth-order valence-corrected chi connectivity index (χ4v) is 1.56. The first-order valence-corrected chi connectivity index (χ1v) is 4.84. The lowest BCUT2D eigenvalue weighted by Gasteiger charge is -2.14. The smallest absolute Gasteiger partial charge is 0.270 e. The molecule has 0 aromatic heterocycles. The number of hydrogen-bond acceptors (Lipinski definition) is 5. The minimum absolute atomic E-state index is 0.000602. The molecule has 1 unspecified atom stereocenters. The second kappa shape index (κ2) is 3.95. The van der Waals surface area contributed by atoms with Crippen molar-refractivity contribution in [3.8, 4) is 12.1 Å². The van der Waals surface area contributed by atoms with E-state index in [2.05, 4.69) is 4.99 Å². The summed E-state index contributed by atoms with van der Waals surface area (Å²) < 4.78 is 0. The molecule has 70 valence electrons. The number of carbonyl (C=O) groups excluding carboxylic acids is 1. The van der Waals surface area contributed by atoms with Crippen LogP contribution in [0, 0.1) is 28.6 Å². The summed E-state index contributed by atoms with van der Waals surface area (Å²) in [6, 6.07) is 3.55. The Kier molecular flexibility index (Phi) is 2.90. The Morgan fingerprint density at radius 3 is 2.64 bits per heavy atom. The molecule has 0 radical (unpaired) electrons. The molecule has 0 aliphatic carbocycles. The number of hydrogen-bond donors (Lipinski definition) is 1. The molecule has 0 aromatic carbocycles. The van der Waals surface area contributed by atoms with Crippen LogP contribution in [0.15, 0.2) is 16.3 Å². The molecule has 14 heavy (non-hydrogen) atoms. The normalized spacial score (nSPS) is 21.2. The minimum atomic E-state index is -1.11. The van der Waals surface area contributed by atoms with Crippen molar-refractivity contribution in [2.75, 3.05) is 6.26 Å². The molecule has 6 heteroatoms. The van der Waals surface area contributed by atoms with E-state index in [4.69, 9.17) is 16.3 Å². The zero-order valence-corrected chi connectivity index (χ0v) is 8.13. The molecule has 1 amide bonds. The van der Waals surface area contributed by atoms with Crippen LogP contribution in [0.3, 0.4) is 0 Å². The molecule has 0 saturated carbocycles. The van der Waals surface area contributed by atoms with Gasteiger partial charge in [0.1, 0.15) is 16.7 Å². The van der Waals surface area contributed by atoms with Crippen LogP contribution in [0.4, 0.5) is 0 Å². The van der Waals surface area contributed by atoms with Gasteiger partial charge in [-0.15, -0.1) is 11.8 Å². The van der Waals surface area contributed by atoms with Crippen LogP contribution < -0.4 is 5.73 Å². The van der Waals surface area contributed by atoms with E-state index in [1.165, 1.54) is 0 Å². The van der Waals surface area contributed by atoms with Gasteiger partial charge in [0, 0.05) is 0 Å². The molecule has 0 fully saturated rings. The molecule has 1 aliphatic rings. The van der Waals surface area contributed by atoms with E-state index in [9.17, 15) is 4.79 Å². The third kappa shape index (κ3) is 1.48. The summed E-state index contributed by atoms with van der Waals surface area (Å²) in [4.78, 5) is 14.8. The van der Waals surface area contributed by atoms with Crippen molar-refractivity contribution in [2.45, 2.75) is 0 Å². The van der Waals surface area contributed by atoms with Gasteiger partial charge in [-0.1, -0.05) is 0 Å². The average Bonchev–Trinajstić information content (AvgIpc) is 2.17. The number of rotatable bonds is 0. The van der Waals surface area contributed by atoms with Crippen molar-refractivity contribution in [2.24, 2.45) is 16.6 Å². The highest BCUT2D eigenvalue weighted by atomic mass is 32.2. The largest absolute Gasteiger partial charge is 0.399 e. The van der Waals surface area contributed by atoms with Gasteiger partial charge >= 0.3 is 0 Å². The lowest BCUT2D eigenvalue weighted by atomic mass is 10.0. The summed E-state index contributed by atoms with van der Waals surface area (Å²) >= 11 is 1.16. The van der Waals surface area contributed by atoms with Gasteiger partial charge < -0.3 is 5.73 Å². The number of nitriles is 2. The summed E-state index contributed by atoms with van der Waals surface area (Å²) in [5.41, 5.74) is 5.65. The van der Waals surface area contributed by atoms with Crippen LogP contribution in [-0.2, 0) is 4.79 Å². The molecular weight excluding hydrogens is 200 g/mol. The predicted molar refractivity (Wildman–Crippen MR) is 51.9 cm³/mol. The van der Waals surface area contributed by atoms with Crippen molar-refractivity contribution in [1.29, 1.82) is 10.5 Å². The first kappa shape index (κ1) is 10.3. The van der Waals surface area contributed by atoms with Crippen molar-refractivity contribution in [3.63, 3.8) is 0 Å². The van der Waals surface area contributed by atoms with Gasteiger partial charge in [-0.05, 0) is 6.26 Å². The standard InChI is InChI=1S/C8H6N4OS/c1-14-8-5(3-10)6(11)4(2-9)7(13)12-8/h4H,11H2,1H3. The summed E-state index contributed by atoms with van der Waals surface area (Å²) in [5, 5.41) is 17.7. The maximum atomic E-state index is 11.2. The molecule has 1 rings (SSSR count). The van der Waals surface area contributed by atoms with E-state index in [0.29, 0.717) is 0 Å². The number of nitrogens with zero attached hydrogens (tertiary/aromatic N) is 3. The highest BCUT2D eigenvalue weighted by molar-refractivity contribution is 8.13. The topological polar surface area (TPSA) is 103 Å². The SMILES string of the molecule is CSC1=NC(=O)C(C#N)C(N)=C1C#N. The summed E-state index contributed by atoms with van der Waals surface area (Å²) in [6.45, 7) is 0. The Balaban J connectivity index is 3.29. The molecule has 1 aliphatic heterocycles. The van der Waals surface area contributed by atoms with Crippen LogP contribution in [0.2, 0.25) is 0 Å². The Labute approximate surface area is 84.9 Å². The lowest BCUT2D eigenvalue weighted by Crippen LogP contribution is -2.27. The molecule has 0 spiro atoms. The monoisotopic (exact) mass is 206 g/mol. The minimum Gasteiger partial charge on any atom is -0.399 e. The highest BCUT2D eigenvalue weighted by Crippen LogP contribution is 2.22. The first-order valence-electron chi connectivity index (χ1n) is 3.62. The number of carbonyl (C=O) groups is 1. The van der Waals surface area contributed by atoms with Crippen molar-refractivity contribution < 1.29 is 4.79 Å². The Morgan fingerprint density at radius 1 is 1.57 bits per heavy atom. The molecule has 0 bridgehead atoms. The first-order chi connectivity index (χ1) is 6.65. The average molecular weight is 206 g/mol. The number of amides is 1. The number of dihydropyridines is 1. The quantitative estimate of drug-likeness (QED) is 0.608. The zero-order chi connectivity index (χ0) is 10.7. The number of aliphatic imine (C=N–C) groups is 1. The van der Waals surface area contributed by atoms with Gasteiger partial charge in [0.05, 0.1) is 11.8 Å². The Bertz CT molecular complexity index is 424. The van der Waals surface area contributed by atoms with Crippen molar-refractivity contribution in [1.82, 2.24) is 0 Å². The van der Waals surface area contributed by atoms with E-state index in [-0.39, 0.29) is 16.3 Å². The van der Waals surface area contributed by atoms with Gasteiger partial charge in [0.2, 0.25) is 0 Å². The fourth-order valence-electron chi connectivity index (χ4n) is 1.01. The fraction of sp³-hybridized carbons (Fsp3) is 0.250. The molecule has 0 aromatic rings. The van der Waals surface area contributed by atoms with Gasteiger partial charge in [-0.2, -0.15) is 10.5 Å². The van der Waals surface area contributed by atoms with E-state index in [0.717, 1.165) is 11.8 Å². The van der Waals surface area contributed by atoms with Crippen molar-refractivity contribution >= 4 is 22.7 Å². The van der Waals surface area contributed by atoms with Crippen LogP contribution >= 0.6 is 11.8 Å². The predicted octanol–water partition coefficient (Wildman–Crippen LogP) is 0.164. The molecule has 0 saturated heterocycles. The highest BCUT2D eigenvalue weighted by Gasteiger charge is 2.30. The van der Waals surface area contributed by atoms with Gasteiger partial charge in [-0.25, -0.2) is 4.99 Å².